The lowest BCUT2D eigenvalue weighted by molar-refractivity contribution is 0.820. The molecule has 2 N–H and O–H groups in total. The highest BCUT2D eigenvalue weighted by Crippen LogP contribution is 2.05. The summed E-state index contributed by atoms with van der Waals surface area (Å²) in [5.41, 5.74) is 1.11. The fourth-order valence-electron chi connectivity index (χ4n) is 1.72. The van der Waals surface area contributed by atoms with Gasteiger partial charge in [-0.1, -0.05) is 19.9 Å². The second-order valence-corrected chi connectivity index (χ2v) is 4.79. The van der Waals surface area contributed by atoms with Crippen LogP contribution in [0.3, 0.4) is 0 Å². The Morgan fingerprint density at radius 1 is 1.44 bits per heavy atom. The van der Waals surface area contributed by atoms with Crippen molar-refractivity contribution in [1.29, 1.82) is 0 Å². The van der Waals surface area contributed by atoms with E-state index < -0.39 is 0 Å². The lowest BCUT2D eigenvalue weighted by Gasteiger charge is -2.12. The fraction of sp³-hybridized carbons (Fsp3) is 0.429. The Hall–Kier alpha value is -1.84. The lowest BCUT2D eigenvalue weighted by atomic mass is 10.2. The summed E-state index contributed by atoms with van der Waals surface area (Å²) in [4.78, 5) is 12.3. The summed E-state index contributed by atoms with van der Waals surface area (Å²) in [6.07, 6.45) is 5.98. The van der Waals surface area contributed by atoms with E-state index in [2.05, 4.69) is 47.1 Å². The number of nitrogens with zero attached hydrogens (tertiary/aromatic N) is 2. The molecule has 96 valence electrons. The Bertz CT molecular complexity index is 466. The molecule has 4 heteroatoms. The van der Waals surface area contributed by atoms with Gasteiger partial charge in [0.25, 0.3) is 0 Å². The van der Waals surface area contributed by atoms with Gasteiger partial charge < -0.3 is 10.3 Å². The molecule has 1 aromatic rings. The Labute approximate surface area is 108 Å². The number of nitrogens with one attached hydrogen (secondary N) is 2. The van der Waals surface area contributed by atoms with Gasteiger partial charge in [0.05, 0.1) is 12.6 Å². The van der Waals surface area contributed by atoms with Crippen LogP contribution in [-0.2, 0) is 6.54 Å². The maximum atomic E-state index is 4.60. The third-order valence-electron chi connectivity index (χ3n) is 2.76. The zero-order chi connectivity index (χ0) is 13.0. The Morgan fingerprint density at radius 3 is 2.94 bits per heavy atom. The minimum absolute atomic E-state index is 0.202. The molecule has 1 aromatic heterocycles. The summed E-state index contributed by atoms with van der Waals surface area (Å²) in [6.45, 7) is 6.99. The molecule has 0 saturated carbocycles. The first-order valence-corrected chi connectivity index (χ1v) is 6.35. The van der Waals surface area contributed by atoms with Gasteiger partial charge in [-0.25, -0.2) is 0 Å². The Balaban J connectivity index is 2.11. The van der Waals surface area contributed by atoms with Crippen LogP contribution >= 0.6 is 0 Å². The highest BCUT2D eigenvalue weighted by Gasteiger charge is 2.11. The Morgan fingerprint density at radius 2 is 2.28 bits per heavy atom. The van der Waals surface area contributed by atoms with Crippen LogP contribution in [0, 0.1) is 5.92 Å². The van der Waals surface area contributed by atoms with Crippen molar-refractivity contribution >= 4 is 11.7 Å². The number of H-pyrrole nitrogens is 1. The van der Waals surface area contributed by atoms with E-state index in [0.717, 1.165) is 17.4 Å². The molecular formula is C14H20N4. The number of amidine groups is 2. The smallest absolute Gasteiger partial charge is 0.126 e. The second kappa shape index (κ2) is 5.67. The maximum Gasteiger partial charge on any atom is 0.126 e. The molecule has 18 heavy (non-hydrogen) atoms. The molecule has 2 rings (SSSR count). The molecule has 4 nitrogen and oxygen atoms in total. The highest BCUT2D eigenvalue weighted by molar-refractivity contribution is 6.07. The fourth-order valence-corrected chi connectivity index (χ4v) is 1.72. The molecular weight excluding hydrogens is 224 g/mol. The first-order valence-electron chi connectivity index (χ1n) is 6.35. The number of hydrogen-bond acceptors (Lipinski definition) is 2. The van der Waals surface area contributed by atoms with E-state index in [1.165, 1.54) is 0 Å². The lowest BCUT2D eigenvalue weighted by Crippen LogP contribution is -2.32. The average Bonchev–Trinajstić information content (AvgIpc) is 2.77. The number of aromatic amines is 1. The molecule has 2 heterocycles. The van der Waals surface area contributed by atoms with Crippen LogP contribution in [0.1, 0.15) is 26.5 Å². The average molecular weight is 244 g/mol. The van der Waals surface area contributed by atoms with Crippen molar-refractivity contribution in [2.24, 2.45) is 15.9 Å². The molecule has 1 atom stereocenters. The van der Waals surface area contributed by atoms with Gasteiger partial charge in [-0.2, -0.15) is 0 Å². The number of aromatic nitrogens is 1. The van der Waals surface area contributed by atoms with Crippen LogP contribution in [0.5, 0.6) is 0 Å². The predicted octanol–water partition coefficient (Wildman–Crippen LogP) is 2.52. The largest absolute Gasteiger partial charge is 0.363 e. The van der Waals surface area contributed by atoms with E-state index in [9.17, 15) is 0 Å². The third kappa shape index (κ3) is 3.32. The van der Waals surface area contributed by atoms with Crippen molar-refractivity contribution in [3.63, 3.8) is 0 Å². The normalized spacial score (nSPS) is 21.9. The molecule has 0 bridgehead atoms. The summed E-state index contributed by atoms with van der Waals surface area (Å²) in [5.74, 6) is 2.25. The van der Waals surface area contributed by atoms with Crippen molar-refractivity contribution < 1.29 is 0 Å². The molecule has 0 radical (unpaired) electrons. The molecule has 0 saturated heterocycles. The van der Waals surface area contributed by atoms with E-state index in [0.29, 0.717) is 12.5 Å². The van der Waals surface area contributed by atoms with Crippen LogP contribution < -0.4 is 5.32 Å². The quantitative estimate of drug-likeness (QED) is 0.843. The van der Waals surface area contributed by atoms with Crippen molar-refractivity contribution in [3.8, 4) is 0 Å². The zero-order valence-electron chi connectivity index (χ0n) is 11.1. The SMILES string of the molecule is CC1C=CC(=NCc2ccc[nH]2)NC(C(C)C)=N1. The maximum absolute atomic E-state index is 4.60. The molecule has 0 aliphatic carbocycles. The molecule has 0 aromatic carbocycles. The number of aliphatic imine (C=N–C) groups is 2. The molecule has 0 spiro atoms. The van der Waals surface area contributed by atoms with Gasteiger partial charge in [-0.3, -0.25) is 9.98 Å². The van der Waals surface area contributed by atoms with Crippen molar-refractivity contribution in [1.82, 2.24) is 10.3 Å². The zero-order valence-corrected chi connectivity index (χ0v) is 11.1. The molecule has 0 fully saturated rings. The topological polar surface area (TPSA) is 52.5 Å². The van der Waals surface area contributed by atoms with E-state index in [1.807, 2.05) is 24.4 Å². The van der Waals surface area contributed by atoms with Crippen LogP contribution in [0.4, 0.5) is 0 Å². The predicted molar refractivity (Wildman–Crippen MR) is 75.9 cm³/mol. The number of hydrogen-bond donors (Lipinski definition) is 2. The minimum atomic E-state index is 0.202. The summed E-state index contributed by atoms with van der Waals surface area (Å²) in [6, 6.07) is 4.22. The summed E-state index contributed by atoms with van der Waals surface area (Å²) < 4.78 is 0. The third-order valence-corrected chi connectivity index (χ3v) is 2.76. The summed E-state index contributed by atoms with van der Waals surface area (Å²) in [7, 11) is 0. The van der Waals surface area contributed by atoms with Crippen LogP contribution in [0.15, 0.2) is 40.5 Å². The first kappa shape index (κ1) is 12.6. The molecule has 1 unspecified atom stereocenters. The van der Waals surface area contributed by atoms with Crippen molar-refractivity contribution in [3.05, 3.63) is 36.2 Å². The molecule has 1 aliphatic heterocycles. The van der Waals surface area contributed by atoms with Gasteiger partial charge in [-0.05, 0) is 25.1 Å². The molecule has 0 amide bonds. The van der Waals surface area contributed by atoms with E-state index in [-0.39, 0.29) is 6.04 Å². The van der Waals surface area contributed by atoms with E-state index in [4.69, 9.17) is 0 Å². The highest BCUT2D eigenvalue weighted by atomic mass is 15.1. The van der Waals surface area contributed by atoms with E-state index >= 15 is 0 Å². The van der Waals surface area contributed by atoms with Crippen molar-refractivity contribution in [2.75, 3.05) is 0 Å². The van der Waals surface area contributed by atoms with Gasteiger partial charge in [0.15, 0.2) is 0 Å². The van der Waals surface area contributed by atoms with E-state index in [1.54, 1.807) is 0 Å². The Kier molecular flexibility index (Phi) is 3.97. The monoisotopic (exact) mass is 244 g/mol. The van der Waals surface area contributed by atoms with Gasteiger partial charge in [0, 0.05) is 17.8 Å². The number of rotatable bonds is 3. The van der Waals surface area contributed by atoms with Gasteiger partial charge in [0.2, 0.25) is 0 Å². The minimum Gasteiger partial charge on any atom is -0.363 e. The van der Waals surface area contributed by atoms with Gasteiger partial charge in [-0.15, -0.1) is 0 Å². The summed E-state index contributed by atoms with van der Waals surface area (Å²) >= 11 is 0. The van der Waals surface area contributed by atoms with Crippen LogP contribution in [-0.4, -0.2) is 22.7 Å². The first-order chi connectivity index (χ1) is 8.65. The summed E-state index contributed by atoms with van der Waals surface area (Å²) in [5, 5.41) is 3.31. The van der Waals surface area contributed by atoms with Crippen LogP contribution in [0.2, 0.25) is 0 Å². The molecule has 1 aliphatic rings. The van der Waals surface area contributed by atoms with Crippen molar-refractivity contribution in [2.45, 2.75) is 33.4 Å². The van der Waals surface area contributed by atoms with Crippen LogP contribution in [0.25, 0.3) is 0 Å². The second-order valence-electron chi connectivity index (χ2n) is 4.79. The van der Waals surface area contributed by atoms with Gasteiger partial charge >= 0.3 is 0 Å². The standard InChI is InChI=1S/C14H20N4/c1-10(2)14-17-11(3)6-7-13(18-14)16-9-12-5-4-8-15-12/h4-8,10-11,15H,9H2,1-3H3,(H,16,17,18). The van der Waals surface area contributed by atoms with Gasteiger partial charge in [0.1, 0.15) is 11.7 Å².